The summed E-state index contributed by atoms with van der Waals surface area (Å²) in [6.07, 6.45) is 0. The zero-order valence-corrected chi connectivity index (χ0v) is 11.0. The number of thiophene rings is 1. The lowest BCUT2D eigenvalue weighted by molar-refractivity contribution is -0.380. The van der Waals surface area contributed by atoms with Crippen LogP contribution >= 0.6 is 11.3 Å². The number of nitro groups is 1. The van der Waals surface area contributed by atoms with Gasteiger partial charge >= 0.3 is 5.00 Å². The highest BCUT2D eigenvalue weighted by molar-refractivity contribution is 7.18. The molecular formula is C12H9N5O2S. The van der Waals surface area contributed by atoms with Crippen LogP contribution in [0, 0.1) is 10.1 Å². The molecule has 8 heteroatoms. The van der Waals surface area contributed by atoms with Gasteiger partial charge in [-0.2, -0.15) is 0 Å². The summed E-state index contributed by atoms with van der Waals surface area (Å²) in [5.41, 5.74) is 1.06. The highest BCUT2D eigenvalue weighted by atomic mass is 32.1. The maximum atomic E-state index is 10.7. The number of hydrogen-bond acceptors (Lipinski definition) is 6. The molecule has 0 aliphatic heterocycles. The van der Waals surface area contributed by atoms with Crippen LogP contribution in [0.2, 0.25) is 0 Å². The van der Waals surface area contributed by atoms with E-state index in [1.807, 2.05) is 30.3 Å². The Bertz CT molecular complexity index is 737. The highest BCUT2D eigenvalue weighted by Crippen LogP contribution is 2.31. The second-order valence-electron chi connectivity index (χ2n) is 4.04. The average molecular weight is 287 g/mol. The van der Waals surface area contributed by atoms with E-state index in [0.29, 0.717) is 17.2 Å². The summed E-state index contributed by atoms with van der Waals surface area (Å²) in [6.45, 7) is 0.523. The molecule has 0 saturated heterocycles. The van der Waals surface area contributed by atoms with Gasteiger partial charge in [0.1, 0.15) is 0 Å². The van der Waals surface area contributed by atoms with Gasteiger partial charge in [0.25, 0.3) is 0 Å². The number of hydrogen-bond donors (Lipinski definition) is 0. The van der Waals surface area contributed by atoms with E-state index in [1.165, 1.54) is 6.07 Å². The molecule has 0 radical (unpaired) electrons. The van der Waals surface area contributed by atoms with Crippen molar-refractivity contribution in [3.63, 3.8) is 0 Å². The van der Waals surface area contributed by atoms with E-state index in [1.54, 1.807) is 10.7 Å². The Morgan fingerprint density at radius 2 is 2.00 bits per heavy atom. The van der Waals surface area contributed by atoms with Crippen LogP contribution in [0.15, 0.2) is 42.5 Å². The zero-order chi connectivity index (χ0) is 13.9. The minimum atomic E-state index is -0.417. The van der Waals surface area contributed by atoms with Crippen LogP contribution < -0.4 is 0 Å². The van der Waals surface area contributed by atoms with Crippen molar-refractivity contribution in [2.45, 2.75) is 6.54 Å². The summed E-state index contributed by atoms with van der Waals surface area (Å²) < 4.78 is 1.63. The standard InChI is InChI=1S/C12H9N5O2S/c18-17(19)11-7-6-10(20-11)12-13-14-15-16(12)8-9-4-2-1-3-5-9/h1-7H,8H2. The van der Waals surface area contributed by atoms with Gasteiger partial charge in [0.15, 0.2) is 5.82 Å². The predicted octanol–water partition coefficient (Wildman–Crippen LogP) is 2.36. The molecule has 0 saturated carbocycles. The molecule has 0 spiro atoms. The van der Waals surface area contributed by atoms with Crippen molar-refractivity contribution >= 4 is 16.3 Å². The molecule has 0 aliphatic rings. The number of nitrogens with zero attached hydrogens (tertiary/aromatic N) is 5. The van der Waals surface area contributed by atoms with Gasteiger partial charge < -0.3 is 0 Å². The summed E-state index contributed by atoms with van der Waals surface area (Å²) in [4.78, 5) is 11.0. The van der Waals surface area contributed by atoms with Crippen LogP contribution in [0.4, 0.5) is 5.00 Å². The first kappa shape index (κ1) is 12.4. The van der Waals surface area contributed by atoms with Crippen molar-refractivity contribution in [3.05, 3.63) is 58.1 Å². The molecule has 0 N–H and O–H groups in total. The first-order valence-electron chi connectivity index (χ1n) is 5.79. The minimum Gasteiger partial charge on any atom is -0.258 e. The van der Waals surface area contributed by atoms with Gasteiger partial charge in [-0.25, -0.2) is 4.68 Å². The molecule has 0 aliphatic carbocycles. The quantitative estimate of drug-likeness (QED) is 0.543. The third kappa shape index (κ3) is 2.41. The van der Waals surface area contributed by atoms with Crippen LogP contribution in [0.5, 0.6) is 0 Å². The fourth-order valence-electron chi connectivity index (χ4n) is 1.79. The van der Waals surface area contributed by atoms with Crippen molar-refractivity contribution in [1.82, 2.24) is 20.2 Å². The van der Waals surface area contributed by atoms with Crippen molar-refractivity contribution in [1.29, 1.82) is 0 Å². The minimum absolute atomic E-state index is 0.0780. The lowest BCUT2D eigenvalue weighted by Gasteiger charge is -2.02. The first-order valence-corrected chi connectivity index (χ1v) is 6.60. The molecule has 0 fully saturated rings. The topological polar surface area (TPSA) is 86.7 Å². The number of aromatic nitrogens is 4. The summed E-state index contributed by atoms with van der Waals surface area (Å²) >= 11 is 1.06. The molecule has 7 nitrogen and oxygen atoms in total. The molecule has 3 aromatic rings. The highest BCUT2D eigenvalue weighted by Gasteiger charge is 2.16. The van der Waals surface area contributed by atoms with Crippen LogP contribution in [0.1, 0.15) is 5.56 Å². The Kier molecular flexibility index (Phi) is 3.21. The lowest BCUT2D eigenvalue weighted by Crippen LogP contribution is -2.03. The smallest absolute Gasteiger partial charge is 0.258 e. The second-order valence-corrected chi connectivity index (χ2v) is 5.10. The van der Waals surface area contributed by atoms with Crippen LogP contribution in [0.25, 0.3) is 10.7 Å². The van der Waals surface area contributed by atoms with Crippen molar-refractivity contribution < 1.29 is 4.92 Å². The number of benzene rings is 1. The maximum Gasteiger partial charge on any atom is 0.324 e. The largest absolute Gasteiger partial charge is 0.324 e. The Morgan fingerprint density at radius 3 is 2.70 bits per heavy atom. The summed E-state index contributed by atoms with van der Waals surface area (Å²) in [5.74, 6) is 0.534. The Hall–Kier alpha value is -2.61. The van der Waals surface area contributed by atoms with Gasteiger partial charge in [-0.1, -0.05) is 41.7 Å². The molecule has 1 aromatic carbocycles. The van der Waals surface area contributed by atoms with Gasteiger partial charge in [-0.15, -0.1) is 5.10 Å². The fraction of sp³-hybridized carbons (Fsp3) is 0.0833. The van der Waals surface area contributed by atoms with Crippen molar-refractivity contribution in [2.75, 3.05) is 0 Å². The molecule has 0 atom stereocenters. The average Bonchev–Trinajstić information content (AvgIpc) is 3.08. The van der Waals surface area contributed by atoms with E-state index in [0.717, 1.165) is 16.9 Å². The Balaban J connectivity index is 1.91. The summed E-state index contributed by atoms with van der Waals surface area (Å²) in [6, 6.07) is 12.9. The summed E-state index contributed by atoms with van der Waals surface area (Å²) in [7, 11) is 0. The van der Waals surface area contributed by atoms with E-state index in [-0.39, 0.29) is 5.00 Å². The molecule has 2 aromatic heterocycles. The van der Waals surface area contributed by atoms with Gasteiger partial charge in [0, 0.05) is 6.07 Å². The Labute approximate surface area is 117 Å². The van der Waals surface area contributed by atoms with E-state index in [2.05, 4.69) is 15.5 Å². The van der Waals surface area contributed by atoms with Gasteiger partial charge in [-0.3, -0.25) is 10.1 Å². The Morgan fingerprint density at radius 1 is 1.20 bits per heavy atom. The molecule has 0 amide bonds. The zero-order valence-electron chi connectivity index (χ0n) is 10.2. The molecule has 2 heterocycles. The predicted molar refractivity (Wildman–Crippen MR) is 73.3 cm³/mol. The van der Waals surface area contributed by atoms with Crippen LogP contribution in [-0.4, -0.2) is 25.1 Å². The maximum absolute atomic E-state index is 10.7. The molecule has 3 rings (SSSR count). The molecule has 20 heavy (non-hydrogen) atoms. The van der Waals surface area contributed by atoms with Crippen LogP contribution in [0.3, 0.4) is 0 Å². The molecule has 0 unspecified atom stereocenters. The van der Waals surface area contributed by atoms with E-state index in [4.69, 9.17) is 0 Å². The molecule has 0 bridgehead atoms. The number of tetrazole rings is 1. The van der Waals surface area contributed by atoms with Crippen LogP contribution in [-0.2, 0) is 6.54 Å². The molecule has 100 valence electrons. The van der Waals surface area contributed by atoms with Gasteiger partial charge in [-0.05, 0) is 22.1 Å². The van der Waals surface area contributed by atoms with E-state index in [9.17, 15) is 10.1 Å². The second kappa shape index (κ2) is 5.17. The third-order valence-corrected chi connectivity index (χ3v) is 3.73. The monoisotopic (exact) mass is 287 g/mol. The van der Waals surface area contributed by atoms with E-state index >= 15 is 0 Å². The van der Waals surface area contributed by atoms with E-state index < -0.39 is 4.92 Å². The number of rotatable bonds is 4. The molecular weight excluding hydrogens is 278 g/mol. The first-order chi connectivity index (χ1) is 9.74. The van der Waals surface area contributed by atoms with Gasteiger partial charge in [0.05, 0.1) is 16.3 Å². The summed E-state index contributed by atoms with van der Waals surface area (Å²) in [5, 5.41) is 22.3. The van der Waals surface area contributed by atoms with Gasteiger partial charge in [0.2, 0.25) is 0 Å². The fourth-order valence-corrected chi connectivity index (χ4v) is 2.60. The van der Waals surface area contributed by atoms with Crippen molar-refractivity contribution in [2.24, 2.45) is 0 Å². The lowest BCUT2D eigenvalue weighted by atomic mass is 10.2. The van der Waals surface area contributed by atoms with Crippen molar-refractivity contribution in [3.8, 4) is 10.7 Å². The SMILES string of the molecule is O=[N+]([O-])c1ccc(-c2nnnn2Cc2ccccc2)s1. The third-order valence-electron chi connectivity index (χ3n) is 2.70. The normalized spacial score (nSPS) is 10.6.